The minimum absolute atomic E-state index is 0.0737. The molecule has 3 heteroatoms. The number of rotatable bonds is 4. The molecule has 0 heterocycles. The molecule has 3 rings (SSSR count). The van der Waals surface area contributed by atoms with Gasteiger partial charge in [-0.3, -0.25) is 9.80 Å². The van der Waals surface area contributed by atoms with Crippen molar-refractivity contribution in [1.82, 2.24) is 5.43 Å². The van der Waals surface area contributed by atoms with Gasteiger partial charge in [-0.1, -0.05) is 36.4 Å². The highest BCUT2D eigenvalue weighted by molar-refractivity contribution is 5.86. The molecule has 0 aromatic heterocycles. The third kappa shape index (κ3) is 2.73. The third-order valence-electron chi connectivity index (χ3n) is 3.62. The number of para-hydroxylation sites is 2. The Hall–Kier alpha value is -2.13. The lowest BCUT2D eigenvalue weighted by Gasteiger charge is -2.28. The first kappa shape index (κ1) is 12.9. The van der Waals surface area contributed by atoms with E-state index >= 15 is 0 Å². The van der Waals surface area contributed by atoms with E-state index in [4.69, 9.17) is 0 Å². The summed E-state index contributed by atoms with van der Waals surface area (Å²) < 4.78 is 0. The maximum Gasteiger partial charge on any atom is 0.151 e. The first-order valence-corrected chi connectivity index (χ1v) is 7.04. The fourth-order valence-electron chi connectivity index (χ4n) is 2.56. The fraction of sp³-hybridized carbons (Fsp3) is 0.235. The molecule has 0 amide bonds. The molecule has 2 aromatic carbocycles. The molecule has 0 saturated heterocycles. The number of Topliss-reactive ketones (excluding diaryl/α,β-unsaturated/α-hetero) is 1. The molecule has 0 aliphatic heterocycles. The predicted octanol–water partition coefficient (Wildman–Crippen LogP) is 3.45. The average Bonchev–Trinajstić information content (AvgIpc) is 2.92. The molecule has 1 fully saturated rings. The van der Waals surface area contributed by atoms with Gasteiger partial charge in [0.05, 0.1) is 17.4 Å². The predicted molar refractivity (Wildman–Crippen MR) is 80.8 cm³/mol. The number of ketones is 1. The van der Waals surface area contributed by atoms with Gasteiger partial charge in [-0.15, -0.1) is 0 Å². The van der Waals surface area contributed by atoms with Gasteiger partial charge in [0.2, 0.25) is 0 Å². The van der Waals surface area contributed by atoms with Gasteiger partial charge >= 0.3 is 0 Å². The van der Waals surface area contributed by atoms with Crippen LogP contribution < -0.4 is 10.4 Å². The minimum atomic E-state index is -0.0737. The molecule has 1 atom stereocenters. The van der Waals surface area contributed by atoms with Gasteiger partial charge in [0, 0.05) is 6.42 Å². The molecular weight excluding hydrogens is 248 g/mol. The van der Waals surface area contributed by atoms with Gasteiger partial charge < -0.3 is 0 Å². The first-order valence-electron chi connectivity index (χ1n) is 7.04. The Kier molecular flexibility index (Phi) is 3.79. The largest absolute Gasteiger partial charge is 0.298 e. The van der Waals surface area contributed by atoms with Crippen molar-refractivity contribution in [2.45, 2.75) is 25.3 Å². The standard InChI is InChI=1S/C17H18N2O/c20-17-13-7-12-16(17)18-19(14-8-3-1-4-9-14)15-10-5-2-6-11-15/h1-6,8-11,16,18H,7,12-13H2/t16-/m1/s1. The lowest BCUT2D eigenvalue weighted by molar-refractivity contribution is -0.119. The van der Waals surface area contributed by atoms with Crippen LogP contribution in [-0.4, -0.2) is 11.8 Å². The normalized spacial score (nSPS) is 18.2. The quantitative estimate of drug-likeness (QED) is 0.860. The van der Waals surface area contributed by atoms with E-state index in [0.29, 0.717) is 12.2 Å². The average molecular weight is 266 g/mol. The van der Waals surface area contributed by atoms with E-state index in [-0.39, 0.29) is 6.04 Å². The zero-order valence-electron chi connectivity index (χ0n) is 11.3. The molecule has 1 aliphatic carbocycles. The van der Waals surface area contributed by atoms with Crippen molar-refractivity contribution in [3.8, 4) is 0 Å². The van der Waals surface area contributed by atoms with Crippen LogP contribution in [0.5, 0.6) is 0 Å². The Labute approximate surface area is 119 Å². The van der Waals surface area contributed by atoms with Gasteiger partial charge in [0.15, 0.2) is 5.78 Å². The topological polar surface area (TPSA) is 32.3 Å². The summed E-state index contributed by atoms with van der Waals surface area (Å²) in [6.45, 7) is 0. The van der Waals surface area contributed by atoms with Crippen molar-refractivity contribution in [3.05, 3.63) is 60.7 Å². The van der Waals surface area contributed by atoms with Crippen molar-refractivity contribution in [2.24, 2.45) is 0 Å². The van der Waals surface area contributed by atoms with Crippen molar-refractivity contribution in [3.63, 3.8) is 0 Å². The third-order valence-corrected chi connectivity index (χ3v) is 3.62. The summed E-state index contributed by atoms with van der Waals surface area (Å²) in [5, 5.41) is 2.01. The van der Waals surface area contributed by atoms with E-state index in [9.17, 15) is 4.79 Å². The number of carbonyl (C=O) groups excluding carboxylic acids is 1. The van der Waals surface area contributed by atoms with Crippen LogP contribution in [0.2, 0.25) is 0 Å². The molecule has 0 unspecified atom stereocenters. The Morgan fingerprint density at radius 1 is 0.900 bits per heavy atom. The van der Waals surface area contributed by atoms with E-state index in [1.165, 1.54) is 0 Å². The molecule has 0 bridgehead atoms. The number of carbonyl (C=O) groups is 1. The summed E-state index contributed by atoms with van der Waals surface area (Å²) in [5.74, 6) is 0.307. The van der Waals surface area contributed by atoms with Crippen LogP contribution in [0.25, 0.3) is 0 Å². The highest BCUT2D eigenvalue weighted by Crippen LogP contribution is 2.25. The van der Waals surface area contributed by atoms with Gasteiger partial charge in [-0.2, -0.15) is 0 Å². The van der Waals surface area contributed by atoms with E-state index in [1.54, 1.807) is 0 Å². The van der Waals surface area contributed by atoms with Crippen molar-refractivity contribution < 1.29 is 4.79 Å². The molecular formula is C17H18N2O. The molecule has 0 radical (unpaired) electrons. The number of hydrogen-bond donors (Lipinski definition) is 1. The Morgan fingerprint density at radius 2 is 1.45 bits per heavy atom. The van der Waals surface area contributed by atoms with Crippen LogP contribution in [0.3, 0.4) is 0 Å². The van der Waals surface area contributed by atoms with Crippen LogP contribution >= 0.6 is 0 Å². The maximum atomic E-state index is 11.9. The van der Waals surface area contributed by atoms with Gasteiger partial charge in [-0.25, -0.2) is 5.43 Å². The summed E-state index contributed by atoms with van der Waals surface area (Å²) in [4.78, 5) is 11.9. The second-order valence-corrected chi connectivity index (χ2v) is 5.05. The van der Waals surface area contributed by atoms with Crippen molar-refractivity contribution >= 4 is 17.2 Å². The van der Waals surface area contributed by atoms with Gasteiger partial charge in [-0.05, 0) is 37.1 Å². The number of anilines is 2. The molecule has 1 saturated carbocycles. The molecule has 2 aromatic rings. The van der Waals surface area contributed by atoms with E-state index in [1.807, 2.05) is 65.7 Å². The second kappa shape index (κ2) is 5.88. The molecule has 102 valence electrons. The van der Waals surface area contributed by atoms with Gasteiger partial charge in [0.1, 0.15) is 0 Å². The zero-order chi connectivity index (χ0) is 13.8. The molecule has 0 spiro atoms. The number of nitrogens with one attached hydrogen (secondary N) is 1. The number of hydrazine groups is 1. The summed E-state index contributed by atoms with van der Waals surface area (Å²) in [6, 6.07) is 20.1. The van der Waals surface area contributed by atoms with E-state index < -0.39 is 0 Å². The van der Waals surface area contributed by atoms with Crippen LogP contribution in [0.4, 0.5) is 11.4 Å². The number of nitrogens with zero attached hydrogens (tertiary/aromatic N) is 1. The van der Waals surface area contributed by atoms with E-state index in [0.717, 1.165) is 24.2 Å². The fourth-order valence-corrected chi connectivity index (χ4v) is 2.56. The van der Waals surface area contributed by atoms with Crippen LogP contribution in [-0.2, 0) is 4.79 Å². The lowest BCUT2D eigenvalue weighted by atomic mass is 10.2. The van der Waals surface area contributed by atoms with E-state index in [2.05, 4.69) is 5.43 Å². The number of benzene rings is 2. The molecule has 1 N–H and O–H groups in total. The minimum Gasteiger partial charge on any atom is -0.298 e. The van der Waals surface area contributed by atoms with Crippen molar-refractivity contribution in [2.75, 3.05) is 5.01 Å². The smallest absolute Gasteiger partial charge is 0.151 e. The Morgan fingerprint density at radius 3 is 1.90 bits per heavy atom. The second-order valence-electron chi connectivity index (χ2n) is 5.05. The van der Waals surface area contributed by atoms with Gasteiger partial charge in [0.25, 0.3) is 0 Å². The summed E-state index contributed by atoms with van der Waals surface area (Å²) in [5.41, 5.74) is 5.46. The van der Waals surface area contributed by atoms with Crippen LogP contribution in [0.1, 0.15) is 19.3 Å². The summed E-state index contributed by atoms with van der Waals surface area (Å²) >= 11 is 0. The zero-order valence-corrected chi connectivity index (χ0v) is 11.3. The molecule has 20 heavy (non-hydrogen) atoms. The lowest BCUT2D eigenvalue weighted by Crippen LogP contribution is -2.44. The first-order chi connectivity index (χ1) is 9.84. The van der Waals surface area contributed by atoms with Crippen molar-refractivity contribution in [1.29, 1.82) is 0 Å². The SMILES string of the molecule is O=C1CCC[C@H]1NN(c1ccccc1)c1ccccc1. The van der Waals surface area contributed by atoms with Crippen LogP contribution in [0.15, 0.2) is 60.7 Å². The summed E-state index contributed by atoms with van der Waals surface area (Å²) in [6.07, 6.45) is 2.58. The molecule has 3 nitrogen and oxygen atoms in total. The summed E-state index contributed by atoms with van der Waals surface area (Å²) in [7, 11) is 0. The Bertz CT molecular complexity index is 529. The maximum absolute atomic E-state index is 11.9. The number of hydrogen-bond acceptors (Lipinski definition) is 3. The van der Waals surface area contributed by atoms with Crippen LogP contribution in [0, 0.1) is 0 Å². The highest BCUT2D eigenvalue weighted by atomic mass is 16.1. The molecule has 1 aliphatic rings. The monoisotopic (exact) mass is 266 g/mol. The Balaban J connectivity index is 1.90. The highest BCUT2D eigenvalue weighted by Gasteiger charge is 2.26.